The maximum atomic E-state index is 12.4. The minimum absolute atomic E-state index is 0.109. The molecule has 0 radical (unpaired) electrons. The molecule has 1 aliphatic heterocycles. The molecule has 1 aromatic carbocycles. The van der Waals surface area contributed by atoms with Crippen LogP contribution in [0.1, 0.15) is 30.5 Å². The lowest BCUT2D eigenvalue weighted by atomic mass is 10.1. The summed E-state index contributed by atoms with van der Waals surface area (Å²) in [6.07, 6.45) is 5.78. The van der Waals surface area contributed by atoms with Crippen LogP contribution in [-0.4, -0.2) is 25.4 Å². The van der Waals surface area contributed by atoms with Gasteiger partial charge in [0.1, 0.15) is 11.6 Å². The SMILES string of the molecule is Cc1nc2n(n1)CCCC2NC(=O)Nc1cccc(-n2cccc2)c1. The second-order valence-electron chi connectivity index (χ2n) is 6.17. The molecule has 7 heteroatoms. The van der Waals surface area contributed by atoms with Gasteiger partial charge >= 0.3 is 6.03 Å². The number of anilines is 1. The monoisotopic (exact) mass is 336 g/mol. The van der Waals surface area contributed by atoms with Crippen molar-refractivity contribution in [1.29, 1.82) is 0 Å². The third-order valence-electron chi connectivity index (χ3n) is 4.29. The predicted octanol–water partition coefficient (Wildman–Crippen LogP) is 3.03. The number of aromatic nitrogens is 4. The predicted molar refractivity (Wildman–Crippen MR) is 94.7 cm³/mol. The number of nitrogens with one attached hydrogen (secondary N) is 2. The Hall–Kier alpha value is -3.09. The highest BCUT2D eigenvalue weighted by atomic mass is 16.2. The Balaban J connectivity index is 1.46. The van der Waals surface area contributed by atoms with E-state index in [1.165, 1.54) is 0 Å². The first kappa shape index (κ1) is 15.4. The number of hydrogen-bond donors (Lipinski definition) is 2. The summed E-state index contributed by atoms with van der Waals surface area (Å²) in [6.45, 7) is 2.73. The minimum Gasteiger partial charge on any atom is -0.328 e. The van der Waals surface area contributed by atoms with Crippen LogP contribution in [0.4, 0.5) is 10.5 Å². The summed E-state index contributed by atoms with van der Waals surface area (Å²) in [5.74, 6) is 1.57. The lowest BCUT2D eigenvalue weighted by molar-refractivity contribution is 0.244. The second-order valence-corrected chi connectivity index (χ2v) is 6.17. The summed E-state index contributed by atoms with van der Waals surface area (Å²) >= 11 is 0. The molecule has 0 spiro atoms. The number of hydrogen-bond acceptors (Lipinski definition) is 3. The molecule has 25 heavy (non-hydrogen) atoms. The fraction of sp³-hybridized carbons (Fsp3) is 0.278. The number of benzene rings is 1. The smallest absolute Gasteiger partial charge is 0.319 e. The van der Waals surface area contributed by atoms with Gasteiger partial charge in [-0.2, -0.15) is 5.10 Å². The van der Waals surface area contributed by atoms with E-state index in [-0.39, 0.29) is 12.1 Å². The van der Waals surface area contributed by atoms with Gasteiger partial charge in [0.25, 0.3) is 0 Å². The normalized spacial score (nSPS) is 16.3. The summed E-state index contributed by atoms with van der Waals surface area (Å²) in [7, 11) is 0. The Morgan fingerprint density at radius 3 is 2.92 bits per heavy atom. The van der Waals surface area contributed by atoms with Crippen molar-refractivity contribution in [3.8, 4) is 5.69 Å². The van der Waals surface area contributed by atoms with Gasteiger partial charge in [0.2, 0.25) is 0 Å². The fourth-order valence-corrected chi connectivity index (χ4v) is 3.18. The van der Waals surface area contributed by atoms with Crippen LogP contribution >= 0.6 is 0 Å². The fourth-order valence-electron chi connectivity index (χ4n) is 3.18. The molecule has 0 saturated heterocycles. The molecule has 3 aromatic rings. The van der Waals surface area contributed by atoms with Crippen molar-refractivity contribution in [3.05, 3.63) is 60.4 Å². The van der Waals surface area contributed by atoms with Crippen molar-refractivity contribution >= 4 is 11.7 Å². The Bertz CT molecular complexity index is 883. The molecule has 1 aliphatic rings. The third-order valence-corrected chi connectivity index (χ3v) is 4.29. The first-order valence-electron chi connectivity index (χ1n) is 8.41. The number of rotatable bonds is 3. The molecule has 3 heterocycles. The van der Waals surface area contributed by atoms with E-state index in [2.05, 4.69) is 20.7 Å². The van der Waals surface area contributed by atoms with Crippen LogP contribution in [0, 0.1) is 6.92 Å². The van der Waals surface area contributed by atoms with E-state index in [9.17, 15) is 4.79 Å². The highest BCUT2D eigenvalue weighted by molar-refractivity contribution is 5.89. The zero-order valence-corrected chi connectivity index (χ0v) is 14.0. The molecule has 128 valence electrons. The molecule has 0 bridgehead atoms. The number of aryl methyl sites for hydroxylation is 2. The van der Waals surface area contributed by atoms with Gasteiger partial charge in [0.05, 0.1) is 6.04 Å². The van der Waals surface area contributed by atoms with Gasteiger partial charge in [-0.05, 0) is 50.1 Å². The number of amides is 2. The molecule has 0 fully saturated rings. The van der Waals surface area contributed by atoms with Crippen LogP contribution in [-0.2, 0) is 6.54 Å². The van der Waals surface area contributed by atoms with Gasteiger partial charge in [-0.25, -0.2) is 14.5 Å². The lowest BCUT2D eigenvalue weighted by Gasteiger charge is -2.23. The van der Waals surface area contributed by atoms with E-state index in [1.54, 1.807) is 0 Å². The molecular formula is C18H20N6O. The highest BCUT2D eigenvalue weighted by Gasteiger charge is 2.25. The average Bonchev–Trinajstić information content (AvgIpc) is 3.24. The van der Waals surface area contributed by atoms with Crippen molar-refractivity contribution in [2.75, 3.05) is 5.32 Å². The molecule has 0 aliphatic carbocycles. The Labute approximate surface area is 145 Å². The molecule has 7 nitrogen and oxygen atoms in total. The number of fused-ring (bicyclic) bond motifs is 1. The number of urea groups is 1. The van der Waals surface area contributed by atoms with Gasteiger partial charge in [-0.1, -0.05) is 6.07 Å². The van der Waals surface area contributed by atoms with Crippen LogP contribution in [0.5, 0.6) is 0 Å². The van der Waals surface area contributed by atoms with Crippen molar-refractivity contribution in [1.82, 2.24) is 24.6 Å². The van der Waals surface area contributed by atoms with E-state index < -0.39 is 0 Å². The lowest BCUT2D eigenvalue weighted by Crippen LogP contribution is -2.36. The number of carbonyl (C=O) groups is 1. The molecule has 2 amide bonds. The van der Waals surface area contributed by atoms with Gasteiger partial charge in [-0.15, -0.1) is 0 Å². The molecule has 4 rings (SSSR count). The van der Waals surface area contributed by atoms with Gasteiger partial charge in [0, 0.05) is 30.3 Å². The van der Waals surface area contributed by atoms with E-state index >= 15 is 0 Å². The second kappa shape index (κ2) is 6.43. The molecule has 2 aromatic heterocycles. The largest absolute Gasteiger partial charge is 0.328 e. The van der Waals surface area contributed by atoms with Crippen molar-refractivity contribution in [2.45, 2.75) is 32.4 Å². The average molecular weight is 336 g/mol. The molecular weight excluding hydrogens is 316 g/mol. The van der Waals surface area contributed by atoms with Gasteiger partial charge in [0.15, 0.2) is 0 Å². The van der Waals surface area contributed by atoms with E-state index in [1.807, 2.05) is 65.0 Å². The zero-order chi connectivity index (χ0) is 17.2. The highest BCUT2D eigenvalue weighted by Crippen LogP contribution is 2.23. The van der Waals surface area contributed by atoms with Crippen LogP contribution in [0.15, 0.2) is 48.8 Å². The number of carbonyl (C=O) groups excluding carboxylic acids is 1. The van der Waals surface area contributed by atoms with Crippen LogP contribution in [0.3, 0.4) is 0 Å². The van der Waals surface area contributed by atoms with Crippen LogP contribution in [0.25, 0.3) is 5.69 Å². The van der Waals surface area contributed by atoms with Gasteiger partial charge in [-0.3, -0.25) is 0 Å². The first-order chi connectivity index (χ1) is 12.2. The Morgan fingerprint density at radius 2 is 2.08 bits per heavy atom. The molecule has 1 atom stereocenters. The summed E-state index contributed by atoms with van der Waals surface area (Å²) in [4.78, 5) is 16.9. The molecule has 1 unspecified atom stereocenters. The van der Waals surface area contributed by atoms with E-state index in [4.69, 9.17) is 0 Å². The van der Waals surface area contributed by atoms with Crippen molar-refractivity contribution in [2.24, 2.45) is 0 Å². The standard InChI is InChI=1S/C18H20N6O/c1-13-19-17-16(8-5-11-24(17)22-13)21-18(25)20-14-6-4-7-15(12-14)23-9-2-3-10-23/h2-4,6-7,9-10,12,16H,5,8,11H2,1H3,(H2,20,21,25). The van der Waals surface area contributed by atoms with Crippen molar-refractivity contribution in [3.63, 3.8) is 0 Å². The first-order valence-corrected chi connectivity index (χ1v) is 8.41. The Morgan fingerprint density at radius 1 is 1.24 bits per heavy atom. The number of nitrogens with zero attached hydrogens (tertiary/aromatic N) is 4. The van der Waals surface area contributed by atoms with E-state index in [0.717, 1.165) is 42.4 Å². The topological polar surface area (TPSA) is 76.8 Å². The minimum atomic E-state index is -0.233. The summed E-state index contributed by atoms with van der Waals surface area (Å²) in [6, 6.07) is 11.3. The summed E-state index contributed by atoms with van der Waals surface area (Å²) in [5, 5.41) is 10.3. The van der Waals surface area contributed by atoms with Crippen LogP contribution < -0.4 is 10.6 Å². The van der Waals surface area contributed by atoms with Crippen molar-refractivity contribution < 1.29 is 4.79 Å². The van der Waals surface area contributed by atoms with Gasteiger partial charge < -0.3 is 15.2 Å². The summed E-state index contributed by atoms with van der Waals surface area (Å²) < 4.78 is 3.88. The molecule has 2 N–H and O–H groups in total. The maximum Gasteiger partial charge on any atom is 0.319 e. The third kappa shape index (κ3) is 3.26. The Kier molecular flexibility index (Phi) is 3.97. The maximum absolute atomic E-state index is 12.4. The zero-order valence-electron chi connectivity index (χ0n) is 14.0. The quantitative estimate of drug-likeness (QED) is 0.772. The summed E-state index contributed by atoms with van der Waals surface area (Å²) in [5.41, 5.74) is 1.74. The molecule has 0 saturated carbocycles. The van der Waals surface area contributed by atoms with Crippen LogP contribution in [0.2, 0.25) is 0 Å². The van der Waals surface area contributed by atoms with E-state index in [0.29, 0.717) is 0 Å².